The second-order valence-electron chi connectivity index (χ2n) is 6.44. The van der Waals surface area contributed by atoms with E-state index < -0.39 is 0 Å². The van der Waals surface area contributed by atoms with Crippen LogP contribution in [-0.4, -0.2) is 13.0 Å². The van der Waals surface area contributed by atoms with Gasteiger partial charge in [0.15, 0.2) is 0 Å². The number of hydrogen-bond acceptors (Lipinski definition) is 3. The van der Waals surface area contributed by atoms with Crippen LogP contribution < -0.4 is 10.1 Å². The second-order valence-corrected chi connectivity index (χ2v) is 7.49. The van der Waals surface area contributed by atoms with E-state index in [1.165, 1.54) is 22.6 Å². The van der Waals surface area contributed by atoms with Crippen molar-refractivity contribution in [1.82, 2.24) is 5.32 Å². The highest BCUT2D eigenvalue weighted by Crippen LogP contribution is 2.29. The zero-order chi connectivity index (χ0) is 19.9. The van der Waals surface area contributed by atoms with Crippen molar-refractivity contribution >= 4 is 17.7 Å². The van der Waals surface area contributed by atoms with Crippen molar-refractivity contribution in [2.75, 3.05) is 7.11 Å². The summed E-state index contributed by atoms with van der Waals surface area (Å²) in [5, 5.41) is 2.87. The molecule has 0 bridgehead atoms. The molecule has 0 unspecified atom stereocenters. The van der Waals surface area contributed by atoms with Crippen LogP contribution in [-0.2, 0) is 12.3 Å². The number of thioether (sulfide) groups is 1. The fraction of sp³-hybridized carbons (Fsp3) is 0.174. The average molecular weight is 395 g/mol. The van der Waals surface area contributed by atoms with E-state index in [0.717, 1.165) is 16.9 Å². The number of carbonyl (C=O) groups excluding carboxylic acids is 1. The van der Waals surface area contributed by atoms with Gasteiger partial charge in [-0.2, -0.15) is 0 Å². The van der Waals surface area contributed by atoms with E-state index in [4.69, 9.17) is 4.74 Å². The smallest absolute Gasteiger partial charge is 0.251 e. The minimum atomic E-state index is -0.291. The summed E-state index contributed by atoms with van der Waals surface area (Å²) in [6, 6.07) is 19.9. The van der Waals surface area contributed by atoms with Crippen LogP contribution in [0.1, 0.15) is 27.0 Å². The van der Waals surface area contributed by atoms with Crippen LogP contribution in [0.2, 0.25) is 0 Å². The highest BCUT2D eigenvalue weighted by Gasteiger charge is 2.11. The van der Waals surface area contributed by atoms with E-state index in [2.05, 4.69) is 36.5 Å². The lowest BCUT2D eigenvalue weighted by atomic mass is 10.1. The standard InChI is InChI=1S/C23H22FNO2S/c1-16-3-10-21(11-4-16)28-15-19-13-18(7-12-22(19)27-2)23(26)25-14-17-5-8-20(24)9-6-17/h3-13H,14-15H2,1-2H3,(H,25,26). The summed E-state index contributed by atoms with van der Waals surface area (Å²) in [6.45, 7) is 2.41. The van der Waals surface area contributed by atoms with Gasteiger partial charge in [-0.25, -0.2) is 4.39 Å². The molecule has 3 nitrogen and oxygen atoms in total. The summed E-state index contributed by atoms with van der Waals surface area (Å²) in [6.07, 6.45) is 0. The lowest BCUT2D eigenvalue weighted by Gasteiger charge is -2.11. The van der Waals surface area contributed by atoms with E-state index >= 15 is 0 Å². The number of carbonyl (C=O) groups is 1. The van der Waals surface area contributed by atoms with E-state index in [1.54, 1.807) is 37.1 Å². The Morgan fingerprint density at radius 2 is 1.75 bits per heavy atom. The summed E-state index contributed by atoms with van der Waals surface area (Å²) in [4.78, 5) is 13.7. The van der Waals surface area contributed by atoms with Gasteiger partial charge in [0.1, 0.15) is 11.6 Å². The Morgan fingerprint density at radius 3 is 2.43 bits per heavy atom. The Kier molecular flexibility index (Phi) is 6.71. The molecule has 0 fully saturated rings. The van der Waals surface area contributed by atoms with Crippen LogP contribution in [0, 0.1) is 12.7 Å². The zero-order valence-electron chi connectivity index (χ0n) is 15.9. The van der Waals surface area contributed by atoms with Crippen molar-refractivity contribution in [2.24, 2.45) is 0 Å². The number of rotatable bonds is 7. The molecule has 0 heterocycles. The van der Waals surface area contributed by atoms with Crippen LogP contribution in [0.4, 0.5) is 4.39 Å². The van der Waals surface area contributed by atoms with Gasteiger partial charge in [0.25, 0.3) is 5.91 Å². The predicted molar refractivity (Wildman–Crippen MR) is 111 cm³/mol. The number of halogens is 1. The average Bonchev–Trinajstić information content (AvgIpc) is 2.72. The molecule has 3 rings (SSSR count). The number of nitrogens with one attached hydrogen (secondary N) is 1. The van der Waals surface area contributed by atoms with E-state index in [-0.39, 0.29) is 11.7 Å². The normalized spacial score (nSPS) is 10.5. The monoisotopic (exact) mass is 395 g/mol. The molecule has 1 N–H and O–H groups in total. The van der Waals surface area contributed by atoms with Gasteiger partial charge in [0, 0.05) is 28.3 Å². The van der Waals surface area contributed by atoms with Gasteiger partial charge in [-0.15, -0.1) is 11.8 Å². The van der Waals surface area contributed by atoms with Gasteiger partial charge in [-0.3, -0.25) is 4.79 Å². The molecule has 0 aromatic heterocycles. The number of benzene rings is 3. The highest BCUT2D eigenvalue weighted by molar-refractivity contribution is 7.98. The number of ether oxygens (including phenoxy) is 1. The molecule has 144 valence electrons. The fourth-order valence-corrected chi connectivity index (χ4v) is 3.59. The molecule has 0 saturated heterocycles. The molecular weight excluding hydrogens is 373 g/mol. The van der Waals surface area contributed by atoms with Gasteiger partial charge in [0.2, 0.25) is 0 Å². The molecule has 0 spiro atoms. The largest absolute Gasteiger partial charge is 0.496 e. The van der Waals surface area contributed by atoms with Crippen LogP contribution >= 0.6 is 11.8 Å². The first-order valence-corrected chi connectivity index (χ1v) is 9.93. The first-order chi connectivity index (χ1) is 13.5. The summed E-state index contributed by atoms with van der Waals surface area (Å²) in [5.74, 6) is 0.995. The molecular formula is C23H22FNO2S. The molecule has 3 aromatic rings. The topological polar surface area (TPSA) is 38.3 Å². The van der Waals surface area contributed by atoms with Crippen molar-refractivity contribution in [1.29, 1.82) is 0 Å². The number of amides is 1. The summed E-state index contributed by atoms with van der Waals surface area (Å²) in [7, 11) is 1.63. The maximum absolute atomic E-state index is 13.0. The summed E-state index contributed by atoms with van der Waals surface area (Å²) in [5.41, 5.74) is 3.60. The SMILES string of the molecule is COc1ccc(C(=O)NCc2ccc(F)cc2)cc1CSc1ccc(C)cc1. The third kappa shape index (κ3) is 5.36. The Labute approximate surface area is 168 Å². The lowest BCUT2D eigenvalue weighted by Crippen LogP contribution is -2.22. The van der Waals surface area contributed by atoms with Crippen molar-refractivity contribution in [3.63, 3.8) is 0 Å². The number of methoxy groups -OCH3 is 1. The molecule has 0 aliphatic rings. The third-order valence-corrected chi connectivity index (χ3v) is 5.39. The molecule has 0 aliphatic heterocycles. The fourth-order valence-electron chi connectivity index (χ4n) is 2.71. The van der Waals surface area contributed by atoms with E-state index in [1.807, 2.05) is 12.1 Å². The van der Waals surface area contributed by atoms with Crippen molar-refractivity contribution in [3.8, 4) is 5.75 Å². The van der Waals surface area contributed by atoms with Crippen molar-refractivity contribution in [3.05, 3.63) is 94.8 Å². The first-order valence-electron chi connectivity index (χ1n) is 8.94. The maximum atomic E-state index is 13.0. The third-order valence-electron chi connectivity index (χ3n) is 4.32. The number of aryl methyl sites for hydroxylation is 1. The van der Waals surface area contributed by atoms with Crippen LogP contribution in [0.5, 0.6) is 5.75 Å². The zero-order valence-corrected chi connectivity index (χ0v) is 16.7. The van der Waals surface area contributed by atoms with Crippen molar-refractivity contribution in [2.45, 2.75) is 24.1 Å². The van der Waals surface area contributed by atoms with Gasteiger partial charge >= 0.3 is 0 Å². The molecule has 0 aliphatic carbocycles. The van der Waals surface area contributed by atoms with Crippen LogP contribution in [0.25, 0.3) is 0 Å². The molecule has 0 saturated carbocycles. The second kappa shape index (κ2) is 9.42. The molecule has 0 atom stereocenters. The minimum Gasteiger partial charge on any atom is -0.496 e. The highest BCUT2D eigenvalue weighted by atomic mass is 32.2. The van der Waals surface area contributed by atoms with Crippen LogP contribution in [0.15, 0.2) is 71.6 Å². The van der Waals surface area contributed by atoms with Gasteiger partial charge in [0.05, 0.1) is 7.11 Å². The maximum Gasteiger partial charge on any atom is 0.251 e. The quantitative estimate of drug-likeness (QED) is 0.547. The molecule has 3 aromatic carbocycles. The molecule has 5 heteroatoms. The van der Waals surface area contributed by atoms with Gasteiger partial charge in [-0.05, 0) is 55.0 Å². The Hall–Kier alpha value is -2.79. The molecule has 28 heavy (non-hydrogen) atoms. The van der Waals surface area contributed by atoms with E-state index in [0.29, 0.717) is 17.9 Å². The summed E-state index contributed by atoms with van der Waals surface area (Å²) < 4.78 is 18.4. The van der Waals surface area contributed by atoms with Crippen molar-refractivity contribution < 1.29 is 13.9 Å². The summed E-state index contributed by atoms with van der Waals surface area (Å²) >= 11 is 1.70. The Morgan fingerprint density at radius 1 is 1.04 bits per heavy atom. The molecule has 0 radical (unpaired) electrons. The minimum absolute atomic E-state index is 0.173. The van der Waals surface area contributed by atoms with Gasteiger partial charge < -0.3 is 10.1 Å². The predicted octanol–water partition coefficient (Wildman–Crippen LogP) is 5.37. The molecule has 1 amide bonds. The Bertz CT molecular complexity index is 940. The van der Waals surface area contributed by atoms with Crippen LogP contribution in [0.3, 0.4) is 0 Å². The Balaban J connectivity index is 1.67. The van der Waals surface area contributed by atoms with E-state index in [9.17, 15) is 9.18 Å². The lowest BCUT2D eigenvalue weighted by molar-refractivity contribution is 0.0951. The first kappa shape index (κ1) is 20.0. The van der Waals surface area contributed by atoms with Gasteiger partial charge in [-0.1, -0.05) is 29.8 Å². The number of hydrogen-bond donors (Lipinski definition) is 1.